The molecule has 9 heteroatoms. The standard InChI is InChI=1S/C33H47N5O3S/c1-21(31(41)38-13-5-6-14-38)25-11-12-33(3)19-26-28(22(2)27(33)29(25)39)34-32(42-26)35-30(40)24-9-7-23(8-10-24)20-37-17-15-36(4)16-18-37/h7-10,21-22,25,27,29,39H,5-6,11-20H2,1-4H3,(H,34,35,40)/p+2/t21-,22-,25-,27+,29-,33+/m0/s1. The molecule has 0 spiro atoms. The van der Waals surface area contributed by atoms with E-state index in [9.17, 15) is 14.7 Å². The molecular formula is C33H49N5O3S+2. The second kappa shape index (κ2) is 12.0. The zero-order chi connectivity index (χ0) is 29.6. The number of likely N-dealkylation sites (tertiary alicyclic amines) is 1. The number of aromatic nitrogens is 1. The van der Waals surface area contributed by atoms with Crippen molar-refractivity contribution in [2.75, 3.05) is 51.6 Å². The molecule has 228 valence electrons. The number of nitrogens with one attached hydrogen (secondary N) is 3. The number of piperazine rings is 1. The molecule has 1 saturated carbocycles. The van der Waals surface area contributed by atoms with E-state index in [4.69, 9.17) is 4.98 Å². The third kappa shape index (κ3) is 5.77. The van der Waals surface area contributed by atoms with Gasteiger partial charge < -0.3 is 19.8 Å². The number of likely N-dealkylation sites (N-methyl/N-ethyl adjacent to an activating group) is 1. The molecule has 1 aromatic carbocycles. The highest BCUT2D eigenvalue weighted by Gasteiger charge is 2.54. The van der Waals surface area contributed by atoms with Gasteiger partial charge in [-0.15, -0.1) is 11.3 Å². The molecule has 6 rings (SSSR count). The van der Waals surface area contributed by atoms with Crippen LogP contribution in [0.5, 0.6) is 0 Å². The van der Waals surface area contributed by atoms with E-state index >= 15 is 0 Å². The smallest absolute Gasteiger partial charge is 0.257 e. The molecule has 6 atom stereocenters. The fourth-order valence-corrected chi connectivity index (χ4v) is 9.71. The molecule has 2 aliphatic carbocycles. The Balaban J connectivity index is 1.11. The topological polar surface area (TPSA) is 91.4 Å². The lowest BCUT2D eigenvalue weighted by Gasteiger charge is -2.53. The van der Waals surface area contributed by atoms with Gasteiger partial charge in [-0.2, -0.15) is 0 Å². The minimum Gasteiger partial charge on any atom is -0.392 e. The molecule has 0 unspecified atom stereocenters. The third-order valence-corrected chi connectivity index (χ3v) is 12.1. The van der Waals surface area contributed by atoms with Crippen LogP contribution in [0, 0.1) is 23.2 Å². The van der Waals surface area contributed by atoms with Gasteiger partial charge in [-0.25, -0.2) is 4.98 Å². The molecule has 8 nitrogen and oxygen atoms in total. The van der Waals surface area contributed by atoms with E-state index in [0.29, 0.717) is 10.7 Å². The van der Waals surface area contributed by atoms with E-state index in [0.717, 1.165) is 57.4 Å². The lowest BCUT2D eigenvalue weighted by atomic mass is 9.53. The highest BCUT2D eigenvalue weighted by molar-refractivity contribution is 7.15. The summed E-state index contributed by atoms with van der Waals surface area (Å²) in [5, 5.41) is 15.5. The number of rotatable bonds is 6. The summed E-state index contributed by atoms with van der Waals surface area (Å²) in [4.78, 5) is 37.7. The van der Waals surface area contributed by atoms with E-state index in [1.165, 1.54) is 36.6 Å². The lowest BCUT2D eigenvalue weighted by molar-refractivity contribution is -1.01. The SMILES string of the molecule is C[C@H](C(=O)N1CCCC1)[C@@H]1CC[C@]2(C)Cc3sc(NC(=O)c4ccc(C[NH+]5CC[NH+](C)CC5)cc4)nc3[C@@H](C)[C@@H]2[C@H]1O. The Morgan fingerprint density at radius 2 is 1.86 bits per heavy atom. The highest BCUT2D eigenvalue weighted by Crippen LogP contribution is 2.57. The normalized spacial score (nSPS) is 33.5. The number of nitrogens with zero attached hydrogens (tertiary/aromatic N) is 2. The first kappa shape index (κ1) is 29.7. The predicted molar refractivity (Wildman–Crippen MR) is 165 cm³/mol. The van der Waals surface area contributed by atoms with Crippen molar-refractivity contribution < 1.29 is 24.5 Å². The Bertz CT molecular complexity index is 1280. The molecule has 4 N–H and O–H groups in total. The molecule has 2 saturated heterocycles. The van der Waals surface area contributed by atoms with Gasteiger partial charge in [-0.3, -0.25) is 14.9 Å². The van der Waals surface area contributed by atoms with Crippen LogP contribution in [0.25, 0.3) is 0 Å². The van der Waals surface area contributed by atoms with Gasteiger partial charge in [0.1, 0.15) is 32.7 Å². The summed E-state index contributed by atoms with van der Waals surface area (Å²) in [5.41, 5.74) is 2.87. The van der Waals surface area contributed by atoms with Gasteiger partial charge >= 0.3 is 0 Å². The van der Waals surface area contributed by atoms with Crippen molar-refractivity contribution in [1.29, 1.82) is 0 Å². The molecule has 3 fully saturated rings. The van der Waals surface area contributed by atoms with Crippen LogP contribution in [0.2, 0.25) is 0 Å². The number of thiazole rings is 1. The minimum atomic E-state index is -0.541. The van der Waals surface area contributed by atoms with Gasteiger partial charge in [-0.05, 0) is 61.5 Å². The summed E-state index contributed by atoms with van der Waals surface area (Å²) in [7, 11) is 2.26. The van der Waals surface area contributed by atoms with Gasteiger partial charge in [0, 0.05) is 40.9 Å². The Labute approximate surface area is 254 Å². The number of quaternary nitrogens is 2. The molecule has 0 bridgehead atoms. The van der Waals surface area contributed by atoms with E-state index in [-0.39, 0.29) is 40.9 Å². The maximum atomic E-state index is 13.2. The summed E-state index contributed by atoms with van der Waals surface area (Å²) in [6.07, 6.45) is 4.34. The number of carbonyl (C=O) groups excluding carboxylic acids is 2. The fraction of sp³-hybridized carbons (Fsp3) is 0.667. The molecule has 2 amide bonds. The quantitative estimate of drug-likeness (QED) is 0.409. The van der Waals surface area contributed by atoms with Crippen molar-refractivity contribution in [2.45, 2.75) is 71.4 Å². The average Bonchev–Trinajstić information content (AvgIpc) is 3.64. The van der Waals surface area contributed by atoms with Gasteiger partial charge in [0.15, 0.2) is 5.13 Å². The van der Waals surface area contributed by atoms with Crippen molar-refractivity contribution in [1.82, 2.24) is 9.88 Å². The number of carbonyl (C=O) groups is 2. The number of amides is 2. The molecule has 3 heterocycles. The second-order valence-electron chi connectivity index (χ2n) is 14.0. The average molecular weight is 596 g/mol. The fourth-order valence-electron chi connectivity index (χ4n) is 8.45. The highest BCUT2D eigenvalue weighted by atomic mass is 32.1. The number of fused-ring (bicyclic) bond motifs is 2. The molecule has 4 aliphatic rings. The molecule has 2 aliphatic heterocycles. The number of anilines is 1. The first-order valence-corrected chi connectivity index (χ1v) is 17.0. The van der Waals surface area contributed by atoms with Crippen molar-refractivity contribution in [3.8, 4) is 0 Å². The number of hydrogen-bond donors (Lipinski definition) is 4. The minimum absolute atomic E-state index is 0.0279. The molecule has 42 heavy (non-hydrogen) atoms. The Hall–Kier alpha value is -2.33. The van der Waals surface area contributed by atoms with Gasteiger partial charge in [0.05, 0.1) is 18.8 Å². The van der Waals surface area contributed by atoms with Gasteiger partial charge in [0.2, 0.25) is 5.91 Å². The molecular weight excluding hydrogens is 546 g/mol. The van der Waals surface area contributed by atoms with Crippen LogP contribution in [-0.4, -0.2) is 79.2 Å². The van der Waals surface area contributed by atoms with E-state index < -0.39 is 6.10 Å². The van der Waals surface area contributed by atoms with E-state index in [2.05, 4.69) is 38.3 Å². The van der Waals surface area contributed by atoms with Crippen molar-refractivity contribution in [2.24, 2.45) is 23.2 Å². The zero-order valence-corrected chi connectivity index (χ0v) is 26.6. The zero-order valence-electron chi connectivity index (χ0n) is 25.7. The number of hydrogen-bond acceptors (Lipinski definition) is 5. The van der Waals surface area contributed by atoms with Crippen molar-refractivity contribution >= 4 is 28.3 Å². The van der Waals surface area contributed by atoms with Crippen LogP contribution in [-0.2, 0) is 17.8 Å². The van der Waals surface area contributed by atoms with E-state index in [1.807, 2.05) is 24.0 Å². The summed E-state index contributed by atoms with van der Waals surface area (Å²) < 4.78 is 0. The van der Waals surface area contributed by atoms with Crippen LogP contribution in [0.3, 0.4) is 0 Å². The van der Waals surface area contributed by atoms with Gasteiger partial charge in [-0.1, -0.05) is 32.9 Å². The van der Waals surface area contributed by atoms with Crippen LogP contribution >= 0.6 is 11.3 Å². The largest absolute Gasteiger partial charge is 0.392 e. The Morgan fingerprint density at radius 3 is 2.55 bits per heavy atom. The molecule has 1 aromatic heterocycles. The van der Waals surface area contributed by atoms with Crippen molar-refractivity contribution in [3.05, 3.63) is 46.0 Å². The predicted octanol–water partition coefficient (Wildman–Crippen LogP) is 1.62. The summed E-state index contributed by atoms with van der Waals surface area (Å²) in [6.45, 7) is 14.0. The van der Waals surface area contributed by atoms with Crippen LogP contribution in [0.1, 0.15) is 78.9 Å². The monoisotopic (exact) mass is 595 g/mol. The lowest BCUT2D eigenvalue weighted by Crippen LogP contribution is -3.26. The maximum Gasteiger partial charge on any atom is 0.257 e. The van der Waals surface area contributed by atoms with Crippen molar-refractivity contribution in [3.63, 3.8) is 0 Å². The van der Waals surface area contributed by atoms with Crippen LogP contribution in [0.15, 0.2) is 24.3 Å². The number of aliphatic hydroxyl groups is 1. The molecule has 0 radical (unpaired) electrons. The Kier molecular flexibility index (Phi) is 8.48. The van der Waals surface area contributed by atoms with Crippen LogP contribution < -0.4 is 15.1 Å². The van der Waals surface area contributed by atoms with Gasteiger partial charge in [0.25, 0.3) is 5.91 Å². The maximum absolute atomic E-state index is 13.2. The third-order valence-electron chi connectivity index (χ3n) is 11.1. The molecule has 2 aromatic rings. The second-order valence-corrected chi connectivity index (χ2v) is 15.1. The van der Waals surface area contributed by atoms with E-state index in [1.54, 1.807) is 21.1 Å². The van der Waals surface area contributed by atoms with Crippen LogP contribution in [0.4, 0.5) is 5.13 Å². The summed E-state index contributed by atoms with van der Waals surface area (Å²) in [5.74, 6) is -0.0202. The number of aliphatic hydroxyl groups excluding tert-OH is 1. The Morgan fingerprint density at radius 1 is 1.17 bits per heavy atom. The number of benzene rings is 1. The summed E-state index contributed by atoms with van der Waals surface area (Å²) >= 11 is 1.58. The summed E-state index contributed by atoms with van der Waals surface area (Å²) in [6, 6.07) is 8.03. The first-order chi connectivity index (χ1) is 20.1. The first-order valence-electron chi connectivity index (χ1n) is 16.1.